The number of carbonyl (C=O) groups is 1. The Morgan fingerprint density at radius 3 is 2.76 bits per heavy atom. The van der Waals surface area contributed by atoms with Crippen LogP contribution in [-0.2, 0) is 4.79 Å². The summed E-state index contributed by atoms with van der Waals surface area (Å²) in [6.45, 7) is 1.54. The summed E-state index contributed by atoms with van der Waals surface area (Å²) in [6, 6.07) is 0. The van der Waals surface area contributed by atoms with Gasteiger partial charge >= 0.3 is 0 Å². The maximum absolute atomic E-state index is 11.2. The number of hydrogen-bond acceptors (Lipinski definition) is 4. The molecule has 0 saturated carbocycles. The van der Waals surface area contributed by atoms with Crippen molar-refractivity contribution in [3.05, 3.63) is 23.1 Å². The van der Waals surface area contributed by atoms with Crippen molar-refractivity contribution in [1.29, 1.82) is 0 Å². The number of piperidine rings is 1. The third kappa shape index (κ3) is 1.93. The standard InChI is InChI=1S/C11H11BrN4O/c12-10-6-14-16-7-8(5-13-11(10)16)15-3-1-9(17)2-4-15/h5-7H,1-4H2. The van der Waals surface area contributed by atoms with Crippen molar-refractivity contribution in [3.8, 4) is 0 Å². The molecule has 0 aliphatic carbocycles. The zero-order valence-corrected chi connectivity index (χ0v) is 10.7. The van der Waals surface area contributed by atoms with E-state index in [9.17, 15) is 4.79 Å². The first-order valence-electron chi connectivity index (χ1n) is 5.49. The van der Waals surface area contributed by atoms with Gasteiger partial charge in [0.25, 0.3) is 0 Å². The Hall–Kier alpha value is -1.43. The number of carbonyl (C=O) groups excluding carboxylic acids is 1. The smallest absolute Gasteiger partial charge is 0.169 e. The fraction of sp³-hybridized carbons (Fsp3) is 0.364. The lowest BCUT2D eigenvalue weighted by Crippen LogP contribution is -2.33. The van der Waals surface area contributed by atoms with Gasteiger partial charge in [0, 0.05) is 25.9 Å². The van der Waals surface area contributed by atoms with E-state index in [0.717, 1.165) is 28.9 Å². The quantitative estimate of drug-likeness (QED) is 0.803. The molecule has 1 fully saturated rings. The zero-order valence-electron chi connectivity index (χ0n) is 9.14. The summed E-state index contributed by atoms with van der Waals surface area (Å²) >= 11 is 3.39. The molecule has 6 heteroatoms. The first kappa shape index (κ1) is 10.7. The predicted molar refractivity (Wildman–Crippen MR) is 67.1 cm³/mol. The minimum atomic E-state index is 0.345. The van der Waals surface area contributed by atoms with Crippen molar-refractivity contribution < 1.29 is 4.79 Å². The Labute approximate surface area is 107 Å². The maximum atomic E-state index is 11.2. The topological polar surface area (TPSA) is 50.5 Å². The Morgan fingerprint density at radius 2 is 2.00 bits per heavy atom. The fourth-order valence-corrected chi connectivity index (χ4v) is 2.39. The largest absolute Gasteiger partial charge is 0.368 e. The molecule has 0 bridgehead atoms. The molecule has 0 aromatic carbocycles. The van der Waals surface area contributed by atoms with Crippen LogP contribution in [0.5, 0.6) is 0 Å². The molecule has 0 spiro atoms. The lowest BCUT2D eigenvalue weighted by atomic mass is 10.1. The number of Topliss-reactive ketones (excluding diaryl/α,β-unsaturated/α-hetero) is 1. The van der Waals surface area contributed by atoms with E-state index < -0.39 is 0 Å². The molecule has 1 aliphatic heterocycles. The normalized spacial score (nSPS) is 16.8. The highest BCUT2D eigenvalue weighted by Gasteiger charge is 2.17. The van der Waals surface area contributed by atoms with E-state index in [1.54, 1.807) is 10.7 Å². The summed E-state index contributed by atoms with van der Waals surface area (Å²) in [6.07, 6.45) is 6.76. The molecule has 1 aliphatic rings. The van der Waals surface area contributed by atoms with Gasteiger partial charge in [-0.1, -0.05) is 0 Å². The van der Waals surface area contributed by atoms with Crippen LogP contribution in [0.1, 0.15) is 12.8 Å². The summed E-state index contributed by atoms with van der Waals surface area (Å²) in [5.41, 5.74) is 1.82. The zero-order chi connectivity index (χ0) is 11.8. The summed E-state index contributed by atoms with van der Waals surface area (Å²) < 4.78 is 2.63. The summed E-state index contributed by atoms with van der Waals surface area (Å²) in [5.74, 6) is 0.345. The van der Waals surface area contributed by atoms with E-state index in [4.69, 9.17) is 0 Å². The fourth-order valence-electron chi connectivity index (χ4n) is 2.01. The third-order valence-corrected chi connectivity index (χ3v) is 3.55. The van der Waals surface area contributed by atoms with Crippen LogP contribution < -0.4 is 4.90 Å². The molecule has 5 nitrogen and oxygen atoms in total. The van der Waals surface area contributed by atoms with E-state index in [0.29, 0.717) is 18.6 Å². The molecule has 2 aromatic rings. The molecule has 2 aromatic heterocycles. The molecule has 0 radical (unpaired) electrons. The number of halogens is 1. The van der Waals surface area contributed by atoms with E-state index in [-0.39, 0.29) is 0 Å². The number of hydrogen-bond donors (Lipinski definition) is 0. The second-order valence-electron chi connectivity index (χ2n) is 4.10. The van der Waals surface area contributed by atoms with Crippen LogP contribution in [0.15, 0.2) is 23.1 Å². The van der Waals surface area contributed by atoms with Gasteiger partial charge in [0.15, 0.2) is 5.65 Å². The Balaban J connectivity index is 1.92. The van der Waals surface area contributed by atoms with E-state index in [1.165, 1.54) is 0 Å². The van der Waals surface area contributed by atoms with Gasteiger partial charge in [0.1, 0.15) is 5.78 Å². The second-order valence-corrected chi connectivity index (χ2v) is 4.95. The molecular formula is C11H11BrN4O. The van der Waals surface area contributed by atoms with Crippen LogP contribution >= 0.6 is 15.9 Å². The molecule has 1 saturated heterocycles. The van der Waals surface area contributed by atoms with Crippen LogP contribution in [0.4, 0.5) is 5.69 Å². The first-order valence-corrected chi connectivity index (χ1v) is 6.29. The number of fused-ring (bicyclic) bond motifs is 1. The van der Waals surface area contributed by atoms with Crippen LogP contribution in [0, 0.1) is 0 Å². The summed E-state index contributed by atoms with van der Waals surface area (Å²) in [7, 11) is 0. The molecule has 3 rings (SSSR count). The Kier molecular flexibility index (Phi) is 2.58. The molecule has 0 N–H and O–H groups in total. The second kappa shape index (κ2) is 4.10. The van der Waals surface area contributed by atoms with Crippen molar-refractivity contribution in [2.45, 2.75) is 12.8 Å². The van der Waals surface area contributed by atoms with Crippen molar-refractivity contribution in [1.82, 2.24) is 14.6 Å². The van der Waals surface area contributed by atoms with Gasteiger partial charge in [-0.25, -0.2) is 9.50 Å². The molecule has 3 heterocycles. The minimum Gasteiger partial charge on any atom is -0.368 e. The highest BCUT2D eigenvalue weighted by molar-refractivity contribution is 9.10. The highest BCUT2D eigenvalue weighted by atomic mass is 79.9. The molecule has 0 amide bonds. The lowest BCUT2D eigenvalue weighted by Gasteiger charge is -2.27. The van der Waals surface area contributed by atoms with Crippen molar-refractivity contribution >= 4 is 33.0 Å². The molecule has 0 atom stereocenters. The van der Waals surface area contributed by atoms with Gasteiger partial charge in [-0.05, 0) is 15.9 Å². The van der Waals surface area contributed by atoms with Gasteiger partial charge in [-0.2, -0.15) is 5.10 Å². The molecular weight excluding hydrogens is 284 g/mol. The van der Waals surface area contributed by atoms with Crippen molar-refractivity contribution in [2.24, 2.45) is 0 Å². The number of anilines is 1. The summed E-state index contributed by atoms with van der Waals surface area (Å²) in [5, 5.41) is 4.20. The molecule has 0 unspecified atom stereocenters. The third-order valence-electron chi connectivity index (χ3n) is 2.99. The van der Waals surface area contributed by atoms with Gasteiger partial charge in [0.2, 0.25) is 0 Å². The van der Waals surface area contributed by atoms with E-state index in [2.05, 4.69) is 30.9 Å². The lowest BCUT2D eigenvalue weighted by molar-refractivity contribution is -0.119. The first-order chi connectivity index (χ1) is 8.24. The van der Waals surface area contributed by atoms with E-state index >= 15 is 0 Å². The monoisotopic (exact) mass is 294 g/mol. The van der Waals surface area contributed by atoms with Gasteiger partial charge in [-0.15, -0.1) is 0 Å². The van der Waals surface area contributed by atoms with Crippen LogP contribution in [-0.4, -0.2) is 33.5 Å². The van der Waals surface area contributed by atoms with Gasteiger partial charge in [-0.3, -0.25) is 4.79 Å². The van der Waals surface area contributed by atoms with Crippen LogP contribution in [0.25, 0.3) is 5.65 Å². The minimum absolute atomic E-state index is 0.345. The number of ketones is 1. The maximum Gasteiger partial charge on any atom is 0.169 e. The van der Waals surface area contributed by atoms with Crippen molar-refractivity contribution in [2.75, 3.05) is 18.0 Å². The number of aromatic nitrogens is 3. The Bertz CT molecular complexity index is 570. The molecule has 88 valence electrons. The molecule has 17 heavy (non-hydrogen) atoms. The average Bonchev–Trinajstić information content (AvgIpc) is 2.72. The average molecular weight is 295 g/mol. The summed E-state index contributed by atoms with van der Waals surface area (Å²) in [4.78, 5) is 17.7. The van der Waals surface area contributed by atoms with Gasteiger partial charge in [0.05, 0.1) is 28.8 Å². The number of nitrogens with zero attached hydrogens (tertiary/aromatic N) is 4. The predicted octanol–water partition coefficient (Wildman–Crippen LogP) is 1.66. The highest BCUT2D eigenvalue weighted by Crippen LogP contribution is 2.20. The van der Waals surface area contributed by atoms with Crippen LogP contribution in [0.3, 0.4) is 0 Å². The van der Waals surface area contributed by atoms with E-state index in [1.807, 2.05) is 12.4 Å². The van der Waals surface area contributed by atoms with Crippen molar-refractivity contribution in [3.63, 3.8) is 0 Å². The van der Waals surface area contributed by atoms with Gasteiger partial charge < -0.3 is 4.90 Å². The SMILES string of the molecule is O=C1CCN(c2cnc3c(Br)cnn3c2)CC1. The Morgan fingerprint density at radius 1 is 1.24 bits per heavy atom. The number of rotatable bonds is 1. The van der Waals surface area contributed by atoms with Crippen LogP contribution in [0.2, 0.25) is 0 Å².